The lowest BCUT2D eigenvalue weighted by Crippen LogP contribution is -2.12. The predicted molar refractivity (Wildman–Crippen MR) is 88.0 cm³/mol. The van der Waals surface area contributed by atoms with Gasteiger partial charge in [-0.05, 0) is 41.1 Å². The third-order valence-corrected chi connectivity index (χ3v) is 3.64. The van der Waals surface area contributed by atoms with Crippen LogP contribution in [0, 0.1) is 0 Å². The Balaban J connectivity index is 1.64. The fraction of sp³-hybridized carbons (Fsp3) is 0. The third kappa shape index (κ3) is 2.20. The molecule has 0 radical (unpaired) electrons. The summed E-state index contributed by atoms with van der Waals surface area (Å²) in [6, 6.07) is 19.4. The van der Waals surface area contributed by atoms with Crippen LogP contribution in [-0.4, -0.2) is 15.9 Å². The summed E-state index contributed by atoms with van der Waals surface area (Å²) in [6.45, 7) is 0. The summed E-state index contributed by atoms with van der Waals surface area (Å²) >= 11 is 0. The first-order chi connectivity index (χ1) is 10.8. The molecule has 1 amide bonds. The zero-order valence-corrected chi connectivity index (χ0v) is 11.7. The first-order valence-electron chi connectivity index (χ1n) is 7.03. The highest BCUT2D eigenvalue weighted by Crippen LogP contribution is 2.20. The zero-order chi connectivity index (χ0) is 14.9. The molecule has 4 rings (SSSR count). The number of carbonyl (C=O) groups excluding carboxylic acids is 1. The van der Waals surface area contributed by atoms with Crippen molar-refractivity contribution in [3.05, 3.63) is 72.6 Å². The Kier molecular flexibility index (Phi) is 2.86. The molecule has 0 aliphatic carbocycles. The second kappa shape index (κ2) is 5.00. The molecule has 4 aromatic rings. The first-order valence-corrected chi connectivity index (χ1v) is 7.03. The van der Waals surface area contributed by atoms with Gasteiger partial charge in [0.2, 0.25) is 0 Å². The molecule has 2 aromatic heterocycles. The molecule has 0 saturated carbocycles. The Labute approximate surface area is 126 Å². The number of nitrogens with one attached hydrogen (secondary N) is 2. The van der Waals surface area contributed by atoms with Gasteiger partial charge in [-0.1, -0.05) is 30.3 Å². The number of hydrogen-bond acceptors (Lipinski definition) is 2. The van der Waals surface area contributed by atoms with Gasteiger partial charge in [0.1, 0.15) is 5.69 Å². The molecular formula is C18H13N3O. The number of aromatic nitrogens is 2. The number of anilines is 1. The molecule has 2 heterocycles. The molecule has 0 spiro atoms. The van der Waals surface area contributed by atoms with Crippen LogP contribution in [0.3, 0.4) is 0 Å². The lowest BCUT2D eigenvalue weighted by molar-refractivity contribution is 0.102. The van der Waals surface area contributed by atoms with E-state index in [1.807, 2.05) is 54.6 Å². The minimum absolute atomic E-state index is 0.173. The van der Waals surface area contributed by atoms with Gasteiger partial charge in [0.05, 0.1) is 11.0 Å². The highest BCUT2D eigenvalue weighted by Gasteiger charge is 2.10. The molecule has 4 heteroatoms. The van der Waals surface area contributed by atoms with Gasteiger partial charge in [-0.2, -0.15) is 0 Å². The quantitative estimate of drug-likeness (QED) is 0.586. The van der Waals surface area contributed by atoms with E-state index in [0.717, 1.165) is 27.5 Å². The van der Waals surface area contributed by atoms with Crippen LogP contribution in [0.2, 0.25) is 0 Å². The molecular weight excluding hydrogens is 274 g/mol. The number of hydrogen-bond donors (Lipinski definition) is 2. The van der Waals surface area contributed by atoms with Crippen molar-refractivity contribution < 1.29 is 4.79 Å². The van der Waals surface area contributed by atoms with Gasteiger partial charge in [-0.15, -0.1) is 0 Å². The number of rotatable bonds is 2. The number of H-pyrrole nitrogens is 1. The smallest absolute Gasteiger partial charge is 0.272 e. The molecule has 106 valence electrons. The van der Waals surface area contributed by atoms with Crippen molar-refractivity contribution in [2.75, 3.05) is 5.32 Å². The van der Waals surface area contributed by atoms with Gasteiger partial charge in [-0.25, -0.2) is 0 Å². The second-order valence-electron chi connectivity index (χ2n) is 5.14. The van der Waals surface area contributed by atoms with E-state index in [-0.39, 0.29) is 5.91 Å². The van der Waals surface area contributed by atoms with E-state index in [1.54, 1.807) is 12.3 Å². The van der Waals surface area contributed by atoms with Crippen molar-refractivity contribution in [1.82, 2.24) is 9.97 Å². The number of fused-ring (bicyclic) bond motifs is 2. The van der Waals surface area contributed by atoms with E-state index in [1.165, 1.54) is 0 Å². The number of aromatic amines is 1. The van der Waals surface area contributed by atoms with Crippen molar-refractivity contribution in [3.8, 4) is 0 Å². The van der Waals surface area contributed by atoms with Crippen LogP contribution in [0.15, 0.2) is 66.9 Å². The van der Waals surface area contributed by atoms with E-state index >= 15 is 0 Å². The van der Waals surface area contributed by atoms with Crippen molar-refractivity contribution in [1.29, 1.82) is 0 Å². The standard InChI is InChI=1S/C18H13N3O/c22-18(17-11-16-15(21-17)6-3-9-19-16)20-14-8-7-12-4-1-2-5-13(12)10-14/h1-11,21H,(H,20,22). The van der Waals surface area contributed by atoms with Gasteiger partial charge < -0.3 is 10.3 Å². The minimum Gasteiger partial charge on any atom is -0.349 e. The molecule has 0 aliphatic heterocycles. The van der Waals surface area contributed by atoms with Crippen LogP contribution in [0.25, 0.3) is 21.8 Å². The summed E-state index contributed by atoms with van der Waals surface area (Å²) < 4.78 is 0. The fourth-order valence-electron chi connectivity index (χ4n) is 2.54. The largest absolute Gasteiger partial charge is 0.349 e. The lowest BCUT2D eigenvalue weighted by atomic mass is 10.1. The molecule has 0 atom stereocenters. The Morgan fingerprint density at radius 3 is 2.68 bits per heavy atom. The maximum Gasteiger partial charge on any atom is 0.272 e. The molecule has 2 aromatic carbocycles. The summed E-state index contributed by atoms with van der Waals surface area (Å²) in [5.74, 6) is -0.173. The maximum atomic E-state index is 12.3. The molecule has 2 N–H and O–H groups in total. The fourth-order valence-corrected chi connectivity index (χ4v) is 2.54. The van der Waals surface area contributed by atoms with E-state index in [0.29, 0.717) is 5.69 Å². The molecule has 4 nitrogen and oxygen atoms in total. The monoisotopic (exact) mass is 287 g/mol. The molecule has 0 bridgehead atoms. The van der Waals surface area contributed by atoms with Gasteiger partial charge >= 0.3 is 0 Å². The number of pyridine rings is 1. The van der Waals surface area contributed by atoms with Crippen molar-refractivity contribution in [2.24, 2.45) is 0 Å². The number of benzene rings is 2. The summed E-state index contributed by atoms with van der Waals surface area (Å²) in [5, 5.41) is 5.16. The van der Waals surface area contributed by atoms with Gasteiger partial charge in [0.25, 0.3) is 5.91 Å². The van der Waals surface area contributed by atoms with Crippen LogP contribution >= 0.6 is 0 Å². The number of carbonyl (C=O) groups is 1. The zero-order valence-electron chi connectivity index (χ0n) is 11.7. The SMILES string of the molecule is O=C(Nc1ccc2ccccc2c1)c1cc2ncccc2[nH]1. The lowest BCUT2D eigenvalue weighted by Gasteiger charge is -2.05. The molecule has 0 aliphatic rings. The van der Waals surface area contributed by atoms with E-state index in [4.69, 9.17) is 0 Å². The van der Waals surface area contributed by atoms with Crippen LogP contribution in [-0.2, 0) is 0 Å². The van der Waals surface area contributed by atoms with Gasteiger partial charge in [0, 0.05) is 11.9 Å². The topological polar surface area (TPSA) is 57.8 Å². The van der Waals surface area contributed by atoms with Gasteiger partial charge in [-0.3, -0.25) is 9.78 Å². The molecule has 0 fully saturated rings. The molecule has 0 saturated heterocycles. The van der Waals surface area contributed by atoms with Gasteiger partial charge in [0.15, 0.2) is 0 Å². The first kappa shape index (κ1) is 12.6. The average molecular weight is 287 g/mol. The summed E-state index contributed by atoms with van der Waals surface area (Å²) in [4.78, 5) is 19.6. The minimum atomic E-state index is -0.173. The van der Waals surface area contributed by atoms with Crippen molar-refractivity contribution in [3.63, 3.8) is 0 Å². The highest BCUT2D eigenvalue weighted by molar-refractivity contribution is 6.06. The summed E-state index contributed by atoms with van der Waals surface area (Å²) in [5.41, 5.74) is 2.91. The van der Waals surface area contributed by atoms with Crippen LogP contribution < -0.4 is 5.32 Å². The maximum absolute atomic E-state index is 12.3. The Bertz CT molecular complexity index is 955. The van der Waals surface area contributed by atoms with Crippen molar-refractivity contribution >= 4 is 33.4 Å². The number of amides is 1. The van der Waals surface area contributed by atoms with E-state index < -0.39 is 0 Å². The van der Waals surface area contributed by atoms with Crippen molar-refractivity contribution in [2.45, 2.75) is 0 Å². The Hall–Kier alpha value is -3.14. The Morgan fingerprint density at radius 2 is 1.82 bits per heavy atom. The van der Waals surface area contributed by atoms with Crippen LogP contribution in [0.5, 0.6) is 0 Å². The third-order valence-electron chi connectivity index (χ3n) is 3.64. The predicted octanol–water partition coefficient (Wildman–Crippen LogP) is 3.97. The van der Waals surface area contributed by atoms with Crippen LogP contribution in [0.1, 0.15) is 10.5 Å². The average Bonchev–Trinajstić information content (AvgIpc) is 2.99. The van der Waals surface area contributed by atoms with Crippen LogP contribution in [0.4, 0.5) is 5.69 Å². The molecule has 0 unspecified atom stereocenters. The van der Waals surface area contributed by atoms with E-state index in [2.05, 4.69) is 15.3 Å². The number of nitrogens with zero attached hydrogens (tertiary/aromatic N) is 1. The summed E-state index contributed by atoms with van der Waals surface area (Å²) in [7, 11) is 0. The normalized spacial score (nSPS) is 10.9. The Morgan fingerprint density at radius 1 is 0.955 bits per heavy atom. The highest BCUT2D eigenvalue weighted by atomic mass is 16.1. The summed E-state index contributed by atoms with van der Waals surface area (Å²) in [6.07, 6.45) is 1.71. The molecule has 22 heavy (non-hydrogen) atoms. The second-order valence-corrected chi connectivity index (χ2v) is 5.14. The van der Waals surface area contributed by atoms with E-state index in [9.17, 15) is 4.79 Å².